The lowest BCUT2D eigenvalue weighted by Gasteiger charge is -2.29. The van der Waals surface area contributed by atoms with Crippen molar-refractivity contribution in [3.8, 4) is 5.75 Å². The van der Waals surface area contributed by atoms with Gasteiger partial charge in [-0.25, -0.2) is 4.68 Å². The van der Waals surface area contributed by atoms with Gasteiger partial charge in [-0.05, 0) is 31.0 Å². The molecule has 0 aliphatic carbocycles. The highest BCUT2D eigenvalue weighted by atomic mass is 16.3. The van der Waals surface area contributed by atoms with Crippen molar-refractivity contribution >= 4 is 5.95 Å². The minimum absolute atomic E-state index is 0.239. The molecule has 0 fully saturated rings. The molecule has 1 aliphatic rings. The van der Waals surface area contributed by atoms with Crippen molar-refractivity contribution < 1.29 is 5.11 Å². The van der Waals surface area contributed by atoms with Gasteiger partial charge in [-0.1, -0.05) is 12.1 Å². The van der Waals surface area contributed by atoms with Crippen molar-refractivity contribution in [3.05, 3.63) is 35.7 Å². The van der Waals surface area contributed by atoms with E-state index in [-0.39, 0.29) is 6.04 Å². The van der Waals surface area contributed by atoms with Crippen molar-refractivity contribution in [1.29, 1.82) is 0 Å². The molecule has 1 aliphatic heterocycles. The summed E-state index contributed by atoms with van der Waals surface area (Å²) in [5.74, 6) is 2.00. The number of hydrogen-bond donors (Lipinski definition) is 2. The summed E-state index contributed by atoms with van der Waals surface area (Å²) >= 11 is 0. The predicted octanol–water partition coefficient (Wildman–Crippen LogP) is 1.86. The van der Waals surface area contributed by atoms with Crippen LogP contribution in [-0.4, -0.2) is 19.9 Å². The van der Waals surface area contributed by atoms with E-state index in [0.29, 0.717) is 17.6 Å². The maximum atomic E-state index is 9.34. The number of rotatable bonds is 1. The summed E-state index contributed by atoms with van der Waals surface area (Å²) < 4.78 is 1.93. The Labute approximate surface area is 105 Å². The zero-order chi connectivity index (χ0) is 12.7. The monoisotopic (exact) mass is 244 g/mol. The quantitative estimate of drug-likeness (QED) is 0.802. The molecule has 94 valence electrons. The van der Waals surface area contributed by atoms with Gasteiger partial charge in [-0.2, -0.15) is 4.98 Å². The number of fused-ring (bicyclic) bond motifs is 1. The summed E-state index contributed by atoms with van der Waals surface area (Å²) in [6.07, 6.45) is 1.92. The van der Waals surface area contributed by atoms with Gasteiger partial charge in [0.15, 0.2) is 0 Å². The molecule has 5 nitrogen and oxygen atoms in total. The van der Waals surface area contributed by atoms with Crippen LogP contribution in [0, 0.1) is 0 Å². The van der Waals surface area contributed by atoms with Crippen LogP contribution in [0.4, 0.5) is 5.95 Å². The molecule has 18 heavy (non-hydrogen) atoms. The van der Waals surface area contributed by atoms with E-state index in [1.807, 2.05) is 16.8 Å². The number of aromatic hydroxyl groups is 1. The van der Waals surface area contributed by atoms with Gasteiger partial charge in [0.05, 0.1) is 6.04 Å². The Balaban J connectivity index is 1.94. The maximum absolute atomic E-state index is 9.34. The average molecular weight is 244 g/mol. The fourth-order valence-electron chi connectivity index (χ4n) is 2.73. The van der Waals surface area contributed by atoms with Crippen LogP contribution in [-0.2, 0) is 6.42 Å². The second kappa shape index (κ2) is 4.01. The van der Waals surface area contributed by atoms with Crippen LogP contribution in [0.5, 0.6) is 5.75 Å². The zero-order valence-corrected chi connectivity index (χ0v) is 10.2. The van der Waals surface area contributed by atoms with Gasteiger partial charge in [0.2, 0.25) is 5.95 Å². The number of benzene rings is 1. The number of nitrogen functional groups attached to an aromatic ring is 1. The fourth-order valence-corrected chi connectivity index (χ4v) is 2.73. The highest BCUT2D eigenvalue weighted by Crippen LogP contribution is 2.37. The van der Waals surface area contributed by atoms with Crippen molar-refractivity contribution in [2.45, 2.75) is 31.7 Å². The van der Waals surface area contributed by atoms with Gasteiger partial charge in [-0.15, -0.1) is 5.10 Å². The van der Waals surface area contributed by atoms with Crippen LogP contribution in [0.1, 0.15) is 36.7 Å². The molecule has 0 spiro atoms. The molecule has 5 heteroatoms. The first-order valence-corrected chi connectivity index (χ1v) is 6.15. The third-order valence-electron chi connectivity index (χ3n) is 3.69. The first-order chi connectivity index (χ1) is 8.65. The number of nitrogens with zero attached hydrogens (tertiary/aromatic N) is 3. The van der Waals surface area contributed by atoms with Crippen molar-refractivity contribution in [2.24, 2.45) is 0 Å². The molecule has 0 saturated heterocycles. The smallest absolute Gasteiger partial charge is 0.239 e. The third-order valence-corrected chi connectivity index (χ3v) is 3.69. The lowest BCUT2D eigenvalue weighted by atomic mass is 9.86. The van der Waals surface area contributed by atoms with E-state index in [1.54, 1.807) is 12.1 Å². The second-order valence-corrected chi connectivity index (χ2v) is 4.81. The lowest BCUT2D eigenvalue weighted by Crippen LogP contribution is -2.24. The number of phenols is 1. The Morgan fingerprint density at radius 3 is 2.78 bits per heavy atom. The van der Waals surface area contributed by atoms with Crippen LogP contribution >= 0.6 is 0 Å². The predicted molar refractivity (Wildman–Crippen MR) is 68.3 cm³/mol. The summed E-state index contributed by atoms with van der Waals surface area (Å²) in [6, 6.07) is 7.65. The molecule has 1 aromatic carbocycles. The summed E-state index contributed by atoms with van der Waals surface area (Å²) in [5, 5.41) is 13.6. The number of anilines is 1. The molecule has 1 aromatic heterocycles. The third kappa shape index (κ3) is 1.72. The van der Waals surface area contributed by atoms with E-state index >= 15 is 0 Å². The molecule has 2 unspecified atom stereocenters. The van der Waals surface area contributed by atoms with Crippen LogP contribution in [0.15, 0.2) is 24.3 Å². The first kappa shape index (κ1) is 11.1. The summed E-state index contributed by atoms with van der Waals surface area (Å²) in [4.78, 5) is 4.23. The summed E-state index contributed by atoms with van der Waals surface area (Å²) in [6.45, 7) is 2.13. The molecular formula is C13H16N4O. The van der Waals surface area contributed by atoms with Crippen LogP contribution < -0.4 is 5.73 Å². The van der Waals surface area contributed by atoms with E-state index in [9.17, 15) is 5.11 Å². The molecule has 0 amide bonds. The Morgan fingerprint density at radius 1 is 1.33 bits per heavy atom. The number of aromatic nitrogens is 3. The molecule has 2 atom stereocenters. The van der Waals surface area contributed by atoms with Crippen LogP contribution in [0.2, 0.25) is 0 Å². The van der Waals surface area contributed by atoms with Gasteiger partial charge >= 0.3 is 0 Å². The molecule has 0 bridgehead atoms. The Hall–Kier alpha value is -2.04. The van der Waals surface area contributed by atoms with Gasteiger partial charge < -0.3 is 10.8 Å². The Morgan fingerprint density at radius 2 is 2.06 bits per heavy atom. The molecule has 3 N–H and O–H groups in total. The minimum atomic E-state index is 0.239. The SMILES string of the molecule is CC1C(c2ccc(O)cc2)CCc2nc(N)nn21. The molecule has 3 rings (SSSR count). The zero-order valence-electron chi connectivity index (χ0n) is 10.2. The van der Waals surface area contributed by atoms with E-state index in [2.05, 4.69) is 17.0 Å². The highest BCUT2D eigenvalue weighted by molar-refractivity contribution is 5.30. The van der Waals surface area contributed by atoms with Crippen molar-refractivity contribution in [2.75, 3.05) is 5.73 Å². The number of phenolic OH excluding ortho intramolecular Hbond substituents is 1. The minimum Gasteiger partial charge on any atom is -0.508 e. The van der Waals surface area contributed by atoms with Crippen LogP contribution in [0.3, 0.4) is 0 Å². The van der Waals surface area contributed by atoms with Crippen molar-refractivity contribution in [3.63, 3.8) is 0 Å². The highest BCUT2D eigenvalue weighted by Gasteiger charge is 2.29. The standard InChI is InChI=1S/C13H16N4O/c1-8-11(9-2-4-10(18)5-3-9)6-7-12-15-13(14)16-17(8)12/h2-5,8,11,18H,6-7H2,1H3,(H2,14,16). The van der Waals surface area contributed by atoms with Gasteiger partial charge in [0.1, 0.15) is 11.6 Å². The molecular weight excluding hydrogens is 228 g/mol. The number of nitrogens with two attached hydrogens (primary N) is 1. The normalized spacial score (nSPS) is 22.7. The largest absolute Gasteiger partial charge is 0.508 e. The second-order valence-electron chi connectivity index (χ2n) is 4.81. The fraction of sp³-hybridized carbons (Fsp3) is 0.385. The topological polar surface area (TPSA) is 77.0 Å². The Kier molecular flexibility index (Phi) is 2.47. The van der Waals surface area contributed by atoms with Gasteiger partial charge in [0.25, 0.3) is 0 Å². The van der Waals surface area contributed by atoms with E-state index in [0.717, 1.165) is 18.7 Å². The van der Waals surface area contributed by atoms with E-state index in [1.165, 1.54) is 5.56 Å². The number of hydrogen-bond acceptors (Lipinski definition) is 4. The molecule has 2 heterocycles. The molecule has 0 saturated carbocycles. The first-order valence-electron chi connectivity index (χ1n) is 6.15. The van der Waals surface area contributed by atoms with Gasteiger partial charge in [-0.3, -0.25) is 0 Å². The van der Waals surface area contributed by atoms with E-state index in [4.69, 9.17) is 5.73 Å². The summed E-state index contributed by atoms with van der Waals surface area (Å²) in [5.41, 5.74) is 6.87. The maximum Gasteiger partial charge on any atom is 0.239 e. The van der Waals surface area contributed by atoms with E-state index < -0.39 is 0 Å². The molecule has 2 aromatic rings. The summed E-state index contributed by atoms with van der Waals surface area (Å²) in [7, 11) is 0. The lowest BCUT2D eigenvalue weighted by molar-refractivity contribution is 0.338. The average Bonchev–Trinajstić information content (AvgIpc) is 2.73. The van der Waals surface area contributed by atoms with Gasteiger partial charge in [0, 0.05) is 12.3 Å². The van der Waals surface area contributed by atoms with Crippen molar-refractivity contribution in [1.82, 2.24) is 14.8 Å². The van der Waals surface area contributed by atoms with Crippen LogP contribution in [0.25, 0.3) is 0 Å². The Bertz CT molecular complexity index is 561. The number of aryl methyl sites for hydroxylation is 1. The molecule has 0 radical (unpaired) electrons.